The van der Waals surface area contributed by atoms with Gasteiger partial charge < -0.3 is 4.90 Å². The molecule has 3 heteroatoms. The Balaban J connectivity index is 1.94. The summed E-state index contributed by atoms with van der Waals surface area (Å²) in [5.74, 6) is 0.349. The van der Waals surface area contributed by atoms with Gasteiger partial charge in [-0.1, -0.05) is 38.1 Å². The number of nitrogens with zero attached hydrogens (tertiary/aromatic N) is 1. The lowest BCUT2D eigenvalue weighted by atomic mass is 9.99. The van der Waals surface area contributed by atoms with E-state index in [2.05, 4.69) is 12.1 Å². The Morgan fingerprint density at radius 1 is 1.21 bits per heavy atom. The van der Waals surface area contributed by atoms with Crippen LogP contribution in [0, 0.1) is 5.92 Å². The van der Waals surface area contributed by atoms with E-state index in [1.54, 1.807) is 4.90 Å². The molecule has 0 bridgehead atoms. The van der Waals surface area contributed by atoms with Gasteiger partial charge in [0.2, 0.25) is 5.91 Å². The van der Waals surface area contributed by atoms with Crippen molar-refractivity contribution in [3.8, 4) is 0 Å². The number of hydrogen-bond donors (Lipinski definition) is 0. The van der Waals surface area contributed by atoms with E-state index in [4.69, 9.17) is 0 Å². The zero-order valence-corrected chi connectivity index (χ0v) is 11.7. The third-order valence-electron chi connectivity index (χ3n) is 3.47. The molecule has 2 rings (SSSR count). The molecule has 19 heavy (non-hydrogen) atoms. The summed E-state index contributed by atoms with van der Waals surface area (Å²) >= 11 is 0. The predicted molar refractivity (Wildman–Crippen MR) is 74.6 cm³/mol. The van der Waals surface area contributed by atoms with Gasteiger partial charge in [-0.15, -0.1) is 0 Å². The smallest absolute Gasteiger partial charge is 0.230 e. The van der Waals surface area contributed by atoms with Crippen molar-refractivity contribution in [2.45, 2.75) is 39.7 Å². The van der Waals surface area contributed by atoms with Crippen molar-refractivity contribution in [1.82, 2.24) is 4.90 Å². The van der Waals surface area contributed by atoms with E-state index in [9.17, 15) is 9.59 Å². The maximum atomic E-state index is 12.1. The number of Topliss-reactive ketones (excluding diaryl/α,β-unsaturated/α-hetero) is 1. The van der Waals surface area contributed by atoms with Gasteiger partial charge in [-0.05, 0) is 23.5 Å². The van der Waals surface area contributed by atoms with Gasteiger partial charge in [0.05, 0.1) is 6.42 Å². The minimum atomic E-state index is -0.0276. The molecule has 0 fully saturated rings. The minimum Gasteiger partial charge on any atom is -0.338 e. The summed E-state index contributed by atoms with van der Waals surface area (Å²) in [5.41, 5.74) is 2.53. The highest BCUT2D eigenvalue weighted by Gasteiger charge is 2.22. The Hall–Kier alpha value is -1.64. The van der Waals surface area contributed by atoms with Crippen LogP contribution in [0.5, 0.6) is 0 Å². The summed E-state index contributed by atoms with van der Waals surface area (Å²) in [4.78, 5) is 25.6. The quantitative estimate of drug-likeness (QED) is 0.779. The fourth-order valence-electron chi connectivity index (χ4n) is 2.52. The molecule has 0 aromatic heterocycles. The van der Waals surface area contributed by atoms with Crippen molar-refractivity contribution >= 4 is 11.7 Å². The van der Waals surface area contributed by atoms with Gasteiger partial charge in [-0.3, -0.25) is 9.59 Å². The molecular formula is C16H21NO2. The first-order valence-electron chi connectivity index (χ1n) is 6.92. The summed E-state index contributed by atoms with van der Waals surface area (Å²) in [7, 11) is 0. The summed E-state index contributed by atoms with van der Waals surface area (Å²) in [6.07, 6.45) is 1.44. The number of rotatable bonds is 4. The number of amides is 1. The Kier molecular flexibility index (Phi) is 4.35. The van der Waals surface area contributed by atoms with Gasteiger partial charge in [0, 0.05) is 19.5 Å². The van der Waals surface area contributed by atoms with Gasteiger partial charge >= 0.3 is 0 Å². The van der Waals surface area contributed by atoms with E-state index >= 15 is 0 Å². The molecule has 102 valence electrons. The molecule has 0 radical (unpaired) electrons. The lowest BCUT2D eigenvalue weighted by molar-refractivity contribution is -0.136. The average Bonchev–Trinajstić information content (AvgIpc) is 2.37. The number of fused-ring (bicyclic) bond motifs is 1. The van der Waals surface area contributed by atoms with Crippen molar-refractivity contribution in [3.05, 3.63) is 35.4 Å². The fourth-order valence-corrected chi connectivity index (χ4v) is 2.52. The van der Waals surface area contributed by atoms with Crippen LogP contribution in [0.25, 0.3) is 0 Å². The second-order valence-electron chi connectivity index (χ2n) is 5.65. The largest absolute Gasteiger partial charge is 0.338 e. The van der Waals surface area contributed by atoms with Crippen LogP contribution in [0.15, 0.2) is 24.3 Å². The highest BCUT2D eigenvalue weighted by molar-refractivity contribution is 5.98. The van der Waals surface area contributed by atoms with E-state index in [1.165, 1.54) is 11.1 Å². The van der Waals surface area contributed by atoms with E-state index < -0.39 is 0 Å². The summed E-state index contributed by atoms with van der Waals surface area (Å²) in [5, 5.41) is 0. The molecule has 1 aromatic rings. The van der Waals surface area contributed by atoms with Gasteiger partial charge in [-0.2, -0.15) is 0 Å². The molecule has 1 heterocycles. The lowest BCUT2D eigenvalue weighted by Crippen LogP contribution is -2.37. The van der Waals surface area contributed by atoms with E-state index in [1.807, 2.05) is 26.0 Å². The van der Waals surface area contributed by atoms with Crippen LogP contribution in [0.1, 0.15) is 37.8 Å². The summed E-state index contributed by atoms with van der Waals surface area (Å²) in [6.45, 7) is 5.37. The third kappa shape index (κ3) is 3.66. The fraction of sp³-hybridized carbons (Fsp3) is 0.500. The van der Waals surface area contributed by atoms with E-state index in [-0.39, 0.29) is 18.1 Å². The molecule has 1 aromatic carbocycles. The molecular weight excluding hydrogens is 238 g/mol. The maximum absolute atomic E-state index is 12.1. The zero-order chi connectivity index (χ0) is 13.8. The van der Waals surface area contributed by atoms with E-state index in [0.29, 0.717) is 18.9 Å². The molecule has 1 aliphatic heterocycles. The van der Waals surface area contributed by atoms with Crippen molar-refractivity contribution in [2.24, 2.45) is 5.92 Å². The van der Waals surface area contributed by atoms with Crippen molar-refractivity contribution in [1.29, 1.82) is 0 Å². The van der Waals surface area contributed by atoms with Gasteiger partial charge in [-0.25, -0.2) is 0 Å². The first-order chi connectivity index (χ1) is 9.06. The number of benzene rings is 1. The van der Waals surface area contributed by atoms with Crippen LogP contribution in [0.3, 0.4) is 0 Å². The first kappa shape index (κ1) is 13.8. The van der Waals surface area contributed by atoms with Crippen LogP contribution in [0.4, 0.5) is 0 Å². The third-order valence-corrected chi connectivity index (χ3v) is 3.47. The Morgan fingerprint density at radius 2 is 1.89 bits per heavy atom. The average molecular weight is 259 g/mol. The first-order valence-corrected chi connectivity index (χ1v) is 6.92. The topological polar surface area (TPSA) is 37.4 Å². The zero-order valence-electron chi connectivity index (χ0n) is 11.7. The van der Waals surface area contributed by atoms with Crippen molar-refractivity contribution < 1.29 is 9.59 Å². The summed E-state index contributed by atoms with van der Waals surface area (Å²) in [6, 6.07) is 8.20. The second kappa shape index (κ2) is 6.00. The maximum Gasteiger partial charge on any atom is 0.230 e. The van der Waals surface area contributed by atoms with Crippen LogP contribution < -0.4 is 0 Å². The molecule has 0 aliphatic carbocycles. The van der Waals surface area contributed by atoms with Crippen LogP contribution in [-0.4, -0.2) is 23.1 Å². The Morgan fingerprint density at radius 3 is 2.58 bits per heavy atom. The SMILES string of the molecule is CC(C)CC(=O)CC(=O)N1CCc2ccccc2C1. The predicted octanol–water partition coefficient (Wildman–Crippen LogP) is 2.58. The molecule has 0 saturated carbocycles. The highest BCUT2D eigenvalue weighted by Crippen LogP contribution is 2.19. The van der Waals surface area contributed by atoms with Crippen LogP contribution in [-0.2, 0) is 22.6 Å². The molecule has 0 saturated heterocycles. The number of carbonyl (C=O) groups excluding carboxylic acids is 2. The molecule has 0 unspecified atom stereocenters. The number of ketones is 1. The van der Waals surface area contributed by atoms with E-state index in [0.717, 1.165) is 13.0 Å². The van der Waals surface area contributed by atoms with Gasteiger partial charge in [0.25, 0.3) is 0 Å². The van der Waals surface area contributed by atoms with Crippen LogP contribution >= 0.6 is 0 Å². The highest BCUT2D eigenvalue weighted by atomic mass is 16.2. The standard InChI is InChI=1S/C16H21NO2/c1-12(2)9-15(18)10-16(19)17-8-7-13-5-3-4-6-14(13)11-17/h3-6,12H,7-11H2,1-2H3. The lowest BCUT2D eigenvalue weighted by Gasteiger charge is -2.28. The van der Waals surface area contributed by atoms with Crippen molar-refractivity contribution in [2.75, 3.05) is 6.54 Å². The molecule has 0 spiro atoms. The molecule has 1 amide bonds. The van der Waals surface area contributed by atoms with Gasteiger partial charge in [0.1, 0.15) is 5.78 Å². The van der Waals surface area contributed by atoms with Gasteiger partial charge in [0.15, 0.2) is 0 Å². The van der Waals surface area contributed by atoms with Crippen LogP contribution in [0.2, 0.25) is 0 Å². The molecule has 0 atom stereocenters. The number of hydrogen-bond acceptors (Lipinski definition) is 2. The summed E-state index contributed by atoms with van der Waals surface area (Å²) < 4.78 is 0. The molecule has 1 aliphatic rings. The second-order valence-corrected chi connectivity index (χ2v) is 5.65. The monoisotopic (exact) mass is 259 g/mol. The Labute approximate surface area is 114 Å². The Bertz CT molecular complexity index is 479. The molecule has 3 nitrogen and oxygen atoms in total. The van der Waals surface area contributed by atoms with Crippen molar-refractivity contribution in [3.63, 3.8) is 0 Å². The molecule has 0 N–H and O–H groups in total. The normalized spacial score (nSPS) is 14.4. The minimum absolute atomic E-state index is 0.0276. The number of carbonyl (C=O) groups is 2.